The van der Waals surface area contributed by atoms with E-state index in [0.29, 0.717) is 0 Å². The normalized spacial score (nSPS) is 11.3. The van der Waals surface area contributed by atoms with Crippen molar-refractivity contribution < 1.29 is 20.1 Å². The number of hydrogen-bond acceptors (Lipinski definition) is 3. The maximum Gasteiger partial charge on any atom is 3.00 e. The van der Waals surface area contributed by atoms with Crippen LogP contribution < -0.4 is 0 Å². The Morgan fingerprint density at radius 1 is 0.338 bits per heavy atom. The van der Waals surface area contributed by atoms with Gasteiger partial charge in [0.1, 0.15) is 0 Å². The molecule has 0 aliphatic heterocycles. The Balaban J connectivity index is 0.00000631. The molecule has 0 radical (unpaired) electrons. The van der Waals surface area contributed by atoms with Crippen LogP contribution in [0.2, 0.25) is 0 Å². The standard InChI is InChI=1S/C72H53N4.Ir/c1-72(2,3)49-76-44-43-75-71(76)58-37-31-54(32-38-58)64-18-8-10-20-66(64)61-45-60(65-19-9-7-17-63(65)53-27-33-56(34-28-53)69-21-11-13-41-73-69)46-62(47-61)67-40-39-59(52-25-23-51(24-26-52)50-15-5-4-6-16-50)48-68(67)55-29-35-57(36-30-55)70-22-12-14-42-74-70;/h4-33,35,37,39-48H,49H2,1-3H3;/q-3;+3. The molecule has 0 saturated heterocycles. The van der Waals surface area contributed by atoms with Gasteiger partial charge in [-0.1, -0.05) is 200 Å². The first-order valence-corrected chi connectivity index (χ1v) is 25.8. The number of aromatic nitrogens is 4. The van der Waals surface area contributed by atoms with Crippen LogP contribution in [0, 0.1) is 23.6 Å². The maximum atomic E-state index is 4.77. The summed E-state index contributed by atoms with van der Waals surface area (Å²) in [7, 11) is 0. The molecule has 0 amide bonds. The van der Waals surface area contributed by atoms with E-state index in [4.69, 9.17) is 4.98 Å². The van der Waals surface area contributed by atoms with Gasteiger partial charge in [0.05, 0.1) is 5.82 Å². The van der Waals surface area contributed by atoms with Gasteiger partial charge in [0.2, 0.25) is 0 Å². The molecule has 77 heavy (non-hydrogen) atoms. The van der Waals surface area contributed by atoms with E-state index in [1.807, 2.05) is 55.0 Å². The number of nitrogens with zero attached hydrogens (tertiary/aromatic N) is 4. The van der Waals surface area contributed by atoms with Crippen molar-refractivity contribution in [2.45, 2.75) is 27.3 Å². The molecule has 0 bridgehead atoms. The van der Waals surface area contributed by atoms with Crippen molar-refractivity contribution in [3.8, 4) is 123 Å². The second-order valence-corrected chi connectivity index (χ2v) is 20.4. The first kappa shape index (κ1) is 50.3. The van der Waals surface area contributed by atoms with Crippen LogP contribution in [0.3, 0.4) is 0 Å². The third-order valence-corrected chi connectivity index (χ3v) is 13.9. The molecule has 4 nitrogen and oxygen atoms in total. The van der Waals surface area contributed by atoms with Gasteiger partial charge in [0.25, 0.3) is 0 Å². The summed E-state index contributed by atoms with van der Waals surface area (Å²) in [5, 5.41) is 0. The Kier molecular flexibility index (Phi) is 14.5. The van der Waals surface area contributed by atoms with Gasteiger partial charge < -0.3 is 14.5 Å². The topological polar surface area (TPSA) is 43.6 Å². The molecule has 3 aromatic heterocycles. The largest absolute Gasteiger partial charge is 3.00 e. The van der Waals surface area contributed by atoms with Crippen LogP contribution in [-0.4, -0.2) is 19.5 Å². The zero-order valence-corrected chi connectivity index (χ0v) is 45.5. The molecule has 0 spiro atoms. The van der Waals surface area contributed by atoms with E-state index in [9.17, 15) is 0 Å². The second-order valence-electron chi connectivity index (χ2n) is 20.4. The van der Waals surface area contributed by atoms with Crippen molar-refractivity contribution in [3.63, 3.8) is 0 Å². The molecule has 0 aliphatic rings. The van der Waals surface area contributed by atoms with E-state index >= 15 is 0 Å². The quantitative estimate of drug-likeness (QED) is 0.115. The summed E-state index contributed by atoms with van der Waals surface area (Å²) in [5.74, 6) is 0.921. The number of pyridine rings is 2. The molecule has 12 rings (SSSR count). The first-order chi connectivity index (χ1) is 37.3. The fourth-order valence-electron chi connectivity index (χ4n) is 10.2. The van der Waals surface area contributed by atoms with Gasteiger partial charge in [0, 0.05) is 31.3 Å². The summed E-state index contributed by atoms with van der Waals surface area (Å²) < 4.78 is 2.23. The molecule has 0 unspecified atom stereocenters. The van der Waals surface area contributed by atoms with Crippen LogP contribution >= 0.6 is 0 Å². The Morgan fingerprint density at radius 2 is 0.740 bits per heavy atom. The SMILES string of the molecule is CC(C)(C)Cn1ccnc1-c1[c-]cc(-c2ccccc2-c2cc(-c3ccccc3-c3c[c-]c(-c4ccccn4)cc3)cc(-c3ccc(-c4ccc(-c5ccccc5)cc4)cc3-c3c[c-]c(-c4ccccn4)cc3)c2)cc1.[Ir+3]. The monoisotopic (exact) mass is 1170 g/mol. The van der Waals surface area contributed by atoms with Crippen molar-refractivity contribution in [2.75, 3.05) is 0 Å². The van der Waals surface area contributed by atoms with Gasteiger partial charge in [-0.3, -0.25) is 4.98 Å². The number of benzene rings is 9. The molecule has 0 N–H and O–H groups in total. The van der Waals surface area contributed by atoms with E-state index in [2.05, 4.69) is 254 Å². The van der Waals surface area contributed by atoms with Crippen LogP contribution in [0.4, 0.5) is 0 Å². The minimum absolute atomic E-state index is 0. The molecule has 0 aliphatic carbocycles. The van der Waals surface area contributed by atoms with E-state index in [1.165, 1.54) is 11.1 Å². The van der Waals surface area contributed by atoms with Gasteiger partial charge in [-0.15, -0.1) is 89.5 Å². The summed E-state index contributed by atoms with van der Waals surface area (Å²) in [4.78, 5) is 14.0. The Bertz CT molecular complexity index is 3940. The zero-order valence-electron chi connectivity index (χ0n) is 43.1. The van der Waals surface area contributed by atoms with Gasteiger partial charge in [-0.25, -0.2) is 0 Å². The van der Waals surface area contributed by atoms with Crippen molar-refractivity contribution in [2.24, 2.45) is 5.41 Å². The van der Waals surface area contributed by atoms with Crippen molar-refractivity contribution in [3.05, 3.63) is 274 Å². The van der Waals surface area contributed by atoms with Crippen LogP contribution in [0.25, 0.3) is 123 Å². The Morgan fingerprint density at radius 3 is 1.21 bits per heavy atom. The number of imidazole rings is 1. The van der Waals surface area contributed by atoms with Gasteiger partial charge >= 0.3 is 20.1 Å². The number of hydrogen-bond donors (Lipinski definition) is 0. The fraction of sp³-hybridized carbons (Fsp3) is 0.0694. The number of rotatable bonds is 12. The summed E-state index contributed by atoms with van der Waals surface area (Å²) in [6, 6.07) is 92.9. The molecular weight excluding hydrogens is 1110 g/mol. The van der Waals surface area contributed by atoms with Gasteiger partial charge in [-0.05, 0) is 103 Å². The third-order valence-electron chi connectivity index (χ3n) is 13.9. The zero-order chi connectivity index (χ0) is 51.4. The molecule has 0 fully saturated rings. The Hall–Kier alpha value is -8.86. The average molecular weight is 1170 g/mol. The molecule has 12 aromatic rings. The summed E-state index contributed by atoms with van der Waals surface area (Å²) in [6.45, 7) is 7.61. The average Bonchev–Trinajstić information content (AvgIpc) is 3.95. The van der Waals surface area contributed by atoms with Crippen LogP contribution in [0.1, 0.15) is 20.8 Å². The minimum atomic E-state index is 0. The smallest absolute Gasteiger partial charge is 0.370 e. The second kappa shape index (κ2) is 22.2. The molecule has 370 valence electrons. The molecule has 9 aromatic carbocycles. The van der Waals surface area contributed by atoms with E-state index in [0.717, 1.165) is 118 Å². The van der Waals surface area contributed by atoms with Crippen LogP contribution in [-0.2, 0) is 26.7 Å². The Labute approximate surface area is 465 Å². The van der Waals surface area contributed by atoms with Crippen LogP contribution in [0.15, 0.2) is 255 Å². The predicted octanol–water partition coefficient (Wildman–Crippen LogP) is 18.5. The van der Waals surface area contributed by atoms with Crippen molar-refractivity contribution >= 4 is 0 Å². The van der Waals surface area contributed by atoms with Crippen molar-refractivity contribution in [1.82, 2.24) is 19.5 Å². The predicted molar refractivity (Wildman–Crippen MR) is 314 cm³/mol. The van der Waals surface area contributed by atoms with Gasteiger partial charge in [0.15, 0.2) is 0 Å². The summed E-state index contributed by atoms with van der Waals surface area (Å²) in [5.41, 5.74) is 22.6. The molecule has 0 saturated carbocycles. The molecule has 5 heteroatoms. The van der Waals surface area contributed by atoms with Crippen molar-refractivity contribution in [1.29, 1.82) is 0 Å². The van der Waals surface area contributed by atoms with Gasteiger partial charge in [-0.2, -0.15) is 0 Å². The third kappa shape index (κ3) is 11.0. The molecule has 0 atom stereocenters. The summed E-state index contributed by atoms with van der Waals surface area (Å²) in [6.07, 6.45) is 7.60. The maximum absolute atomic E-state index is 4.77. The molecular formula is C72H53IrN4. The fourth-order valence-corrected chi connectivity index (χ4v) is 10.2. The van der Waals surface area contributed by atoms with E-state index in [1.54, 1.807) is 0 Å². The minimum Gasteiger partial charge on any atom is -0.370 e. The van der Waals surface area contributed by atoms with E-state index < -0.39 is 0 Å². The summed E-state index contributed by atoms with van der Waals surface area (Å²) >= 11 is 0. The first-order valence-electron chi connectivity index (χ1n) is 25.8. The molecule has 3 heterocycles. The van der Waals surface area contributed by atoms with Crippen LogP contribution in [0.5, 0.6) is 0 Å². The van der Waals surface area contributed by atoms with E-state index in [-0.39, 0.29) is 25.5 Å².